The summed E-state index contributed by atoms with van der Waals surface area (Å²) < 4.78 is 0. The molecule has 0 aliphatic heterocycles. The number of nitro benzene ring substituents is 1. The number of non-ortho nitro benzene ring substituents is 1. The number of nitrogens with one attached hydrogen (secondary N) is 1. The molecule has 0 spiro atoms. The van der Waals surface area contributed by atoms with Crippen LogP contribution in [0, 0.1) is 10.1 Å². The normalized spacial score (nSPS) is 11.4. The number of aromatic nitrogens is 2. The van der Waals surface area contributed by atoms with Gasteiger partial charge >= 0.3 is 0 Å². The van der Waals surface area contributed by atoms with E-state index in [4.69, 9.17) is 5.73 Å². The number of hydrogen-bond acceptors (Lipinski definition) is 4. The third-order valence-electron chi connectivity index (χ3n) is 3.66. The van der Waals surface area contributed by atoms with Gasteiger partial charge in [-0.15, -0.1) is 0 Å². The first-order valence-electron chi connectivity index (χ1n) is 6.39. The van der Waals surface area contributed by atoms with Crippen LogP contribution in [-0.2, 0) is 0 Å². The van der Waals surface area contributed by atoms with Gasteiger partial charge < -0.3 is 10.7 Å². The van der Waals surface area contributed by atoms with E-state index in [2.05, 4.69) is 9.97 Å². The number of nitrogen functional groups attached to an aromatic ring is 1. The third-order valence-corrected chi connectivity index (χ3v) is 3.66. The van der Waals surface area contributed by atoms with Crippen molar-refractivity contribution in [3.05, 3.63) is 52.6 Å². The number of anilines is 1. The number of hydrogen-bond donors (Lipinski definition) is 2. The lowest BCUT2D eigenvalue weighted by molar-refractivity contribution is -0.384. The number of H-pyrrole nitrogens is 1. The first-order chi connectivity index (χ1) is 10.1. The van der Waals surface area contributed by atoms with Crippen LogP contribution >= 0.6 is 0 Å². The molecule has 0 saturated heterocycles. The van der Waals surface area contributed by atoms with Gasteiger partial charge in [0.15, 0.2) is 0 Å². The van der Waals surface area contributed by atoms with E-state index in [9.17, 15) is 10.1 Å². The van der Waals surface area contributed by atoms with E-state index in [1.807, 2.05) is 24.3 Å². The van der Waals surface area contributed by atoms with E-state index in [-0.39, 0.29) is 5.69 Å². The van der Waals surface area contributed by atoms with Crippen molar-refractivity contribution in [2.24, 2.45) is 0 Å². The Labute approximate surface area is 118 Å². The van der Waals surface area contributed by atoms with E-state index in [1.54, 1.807) is 6.07 Å². The molecule has 0 fully saturated rings. The van der Waals surface area contributed by atoms with Crippen molar-refractivity contribution in [3.63, 3.8) is 0 Å². The molecule has 2 aromatic carbocycles. The zero-order valence-corrected chi connectivity index (χ0v) is 10.8. The summed E-state index contributed by atoms with van der Waals surface area (Å²) in [6.07, 6.45) is 0. The summed E-state index contributed by atoms with van der Waals surface area (Å²) in [5.74, 6) is 0. The van der Waals surface area contributed by atoms with Gasteiger partial charge in [0.1, 0.15) is 0 Å². The largest absolute Gasteiger partial charge is 0.396 e. The minimum absolute atomic E-state index is 0.00598. The molecule has 0 saturated carbocycles. The smallest absolute Gasteiger partial charge is 0.270 e. The highest BCUT2D eigenvalue weighted by atomic mass is 16.6. The van der Waals surface area contributed by atoms with Gasteiger partial charge in [-0.2, -0.15) is 0 Å². The predicted octanol–water partition coefficient (Wildman–Crippen LogP) is 3.36. The zero-order valence-electron chi connectivity index (χ0n) is 10.8. The number of nitrogens with zero attached hydrogens (tertiary/aromatic N) is 2. The monoisotopic (exact) mass is 278 g/mol. The summed E-state index contributed by atoms with van der Waals surface area (Å²) in [4.78, 5) is 18.3. The van der Waals surface area contributed by atoms with Gasteiger partial charge in [0, 0.05) is 28.4 Å². The molecule has 6 heteroatoms. The molecule has 0 bridgehead atoms. The fourth-order valence-corrected chi connectivity index (χ4v) is 2.64. The zero-order chi connectivity index (χ0) is 14.6. The summed E-state index contributed by atoms with van der Waals surface area (Å²) in [6, 6.07) is 12.3. The Kier molecular flexibility index (Phi) is 2.18. The third kappa shape index (κ3) is 1.56. The second-order valence-electron chi connectivity index (χ2n) is 4.88. The fraction of sp³-hybridized carbons (Fsp3) is 0. The van der Waals surface area contributed by atoms with E-state index >= 15 is 0 Å². The predicted molar refractivity (Wildman–Crippen MR) is 82.2 cm³/mol. The highest BCUT2D eigenvalue weighted by Crippen LogP contribution is 2.33. The molecule has 0 atom stereocenters. The molecule has 0 unspecified atom stereocenters. The highest BCUT2D eigenvalue weighted by molar-refractivity contribution is 6.15. The molecule has 0 radical (unpaired) electrons. The highest BCUT2D eigenvalue weighted by Gasteiger charge is 2.14. The Hall–Kier alpha value is -3.15. The van der Waals surface area contributed by atoms with Crippen LogP contribution in [0.5, 0.6) is 0 Å². The molecule has 102 valence electrons. The van der Waals surface area contributed by atoms with Crippen LogP contribution in [0.15, 0.2) is 42.5 Å². The number of benzene rings is 2. The van der Waals surface area contributed by atoms with E-state index in [0.717, 1.165) is 16.4 Å². The number of aromatic amines is 1. The standard InChI is InChI=1S/C15H10N4O2/c16-13-10-7-8(19(20)21)5-6-12(10)17-14-9-3-1-2-4-11(9)18-15(13)14/h1-7,18H,(H2,16,17). The summed E-state index contributed by atoms with van der Waals surface area (Å²) >= 11 is 0. The van der Waals surface area contributed by atoms with Crippen molar-refractivity contribution in [2.75, 3.05) is 5.73 Å². The lowest BCUT2D eigenvalue weighted by Crippen LogP contribution is -1.94. The summed E-state index contributed by atoms with van der Waals surface area (Å²) in [7, 11) is 0. The second kappa shape index (κ2) is 3.92. The van der Waals surface area contributed by atoms with Crippen molar-refractivity contribution in [3.8, 4) is 0 Å². The van der Waals surface area contributed by atoms with Crippen LogP contribution in [0.2, 0.25) is 0 Å². The lowest BCUT2D eigenvalue weighted by Gasteiger charge is -2.03. The Morgan fingerprint density at radius 3 is 2.76 bits per heavy atom. The first kappa shape index (κ1) is 11.7. The van der Waals surface area contributed by atoms with Crippen molar-refractivity contribution >= 4 is 44.2 Å². The van der Waals surface area contributed by atoms with E-state index in [1.165, 1.54) is 12.1 Å². The molecule has 2 aromatic heterocycles. The minimum atomic E-state index is -0.436. The molecule has 0 aliphatic rings. The Morgan fingerprint density at radius 1 is 1.14 bits per heavy atom. The number of rotatable bonds is 1. The maximum atomic E-state index is 10.9. The molecule has 6 nitrogen and oxygen atoms in total. The van der Waals surface area contributed by atoms with Crippen LogP contribution < -0.4 is 5.73 Å². The minimum Gasteiger partial charge on any atom is -0.396 e. The van der Waals surface area contributed by atoms with Gasteiger partial charge in [-0.25, -0.2) is 4.98 Å². The number of nitrogens with two attached hydrogens (primary N) is 1. The van der Waals surface area contributed by atoms with Gasteiger partial charge in [-0.1, -0.05) is 18.2 Å². The quantitative estimate of drug-likeness (QED) is 0.412. The van der Waals surface area contributed by atoms with Crippen LogP contribution in [0.3, 0.4) is 0 Å². The molecule has 2 heterocycles. The van der Waals surface area contributed by atoms with Crippen LogP contribution in [0.25, 0.3) is 32.8 Å². The lowest BCUT2D eigenvalue weighted by atomic mass is 10.1. The van der Waals surface area contributed by atoms with Crippen LogP contribution in [0.1, 0.15) is 0 Å². The fourth-order valence-electron chi connectivity index (χ4n) is 2.64. The number of nitro groups is 1. The Balaban J connectivity index is 2.19. The number of para-hydroxylation sites is 1. The second-order valence-corrected chi connectivity index (χ2v) is 4.88. The Bertz CT molecular complexity index is 1040. The van der Waals surface area contributed by atoms with Crippen molar-refractivity contribution < 1.29 is 4.92 Å². The van der Waals surface area contributed by atoms with Crippen molar-refractivity contribution in [1.29, 1.82) is 0 Å². The SMILES string of the molecule is Nc1c2cc([N+](=O)[O-])ccc2nc2c1[nH]c1ccccc12. The summed E-state index contributed by atoms with van der Waals surface area (Å²) in [6.45, 7) is 0. The summed E-state index contributed by atoms with van der Waals surface area (Å²) in [5.41, 5.74) is 9.76. The molecular formula is C15H10N4O2. The molecule has 0 aliphatic carbocycles. The molecule has 3 N–H and O–H groups in total. The van der Waals surface area contributed by atoms with Crippen molar-refractivity contribution in [1.82, 2.24) is 9.97 Å². The maximum absolute atomic E-state index is 10.9. The number of fused-ring (bicyclic) bond motifs is 4. The van der Waals surface area contributed by atoms with Gasteiger partial charge in [-0.3, -0.25) is 10.1 Å². The summed E-state index contributed by atoms with van der Waals surface area (Å²) in [5, 5.41) is 12.5. The van der Waals surface area contributed by atoms with E-state index in [0.29, 0.717) is 22.1 Å². The molecule has 21 heavy (non-hydrogen) atoms. The van der Waals surface area contributed by atoms with Crippen molar-refractivity contribution in [2.45, 2.75) is 0 Å². The average Bonchev–Trinajstić information content (AvgIpc) is 2.86. The van der Waals surface area contributed by atoms with Crippen LogP contribution in [0.4, 0.5) is 11.4 Å². The topological polar surface area (TPSA) is 97.8 Å². The first-order valence-corrected chi connectivity index (χ1v) is 6.39. The van der Waals surface area contributed by atoms with Gasteiger partial charge in [0.25, 0.3) is 5.69 Å². The van der Waals surface area contributed by atoms with Gasteiger partial charge in [0.05, 0.1) is 27.2 Å². The molecule has 4 aromatic rings. The number of pyridine rings is 1. The van der Waals surface area contributed by atoms with E-state index < -0.39 is 4.92 Å². The molecule has 0 amide bonds. The molecule has 4 rings (SSSR count). The average molecular weight is 278 g/mol. The maximum Gasteiger partial charge on any atom is 0.270 e. The van der Waals surface area contributed by atoms with Gasteiger partial charge in [-0.05, 0) is 12.1 Å². The molecular weight excluding hydrogens is 268 g/mol. The Morgan fingerprint density at radius 2 is 1.95 bits per heavy atom. The van der Waals surface area contributed by atoms with Crippen LogP contribution in [-0.4, -0.2) is 14.9 Å². The van der Waals surface area contributed by atoms with Gasteiger partial charge in [0.2, 0.25) is 0 Å².